The SMILES string of the molecule is CC1C(C2=C[C@H]2C)C1C(F)(F)F. The van der Waals surface area contributed by atoms with Crippen LogP contribution < -0.4 is 0 Å². The monoisotopic (exact) mass is 176 g/mol. The standard InChI is InChI=1S/C9H11F3/c1-4-3-6(4)7-5(2)8(7)9(10,11)12/h3-5,7-8H,1-2H3/t4-,5?,7?,8?/m1/s1. The molecule has 2 aliphatic carbocycles. The first-order valence-electron chi connectivity index (χ1n) is 4.21. The molecule has 0 nitrogen and oxygen atoms in total. The predicted molar refractivity (Wildman–Crippen MR) is 39.4 cm³/mol. The van der Waals surface area contributed by atoms with Crippen molar-refractivity contribution >= 4 is 0 Å². The van der Waals surface area contributed by atoms with Crippen LogP contribution in [0, 0.1) is 23.7 Å². The van der Waals surface area contributed by atoms with Gasteiger partial charge < -0.3 is 0 Å². The zero-order valence-corrected chi connectivity index (χ0v) is 7.02. The Labute approximate surface area is 69.5 Å². The van der Waals surface area contributed by atoms with E-state index >= 15 is 0 Å². The van der Waals surface area contributed by atoms with Crippen molar-refractivity contribution in [1.29, 1.82) is 0 Å². The third kappa shape index (κ3) is 1.06. The van der Waals surface area contributed by atoms with Crippen molar-refractivity contribution in [2.75, 3.05) is 0 Å². The molecule has 0 N–H and O–H groups in total. The van der Waals surface area contributed by atoms with Gasteiger partial charge in [0.15, 0.2) is 0 Å². The van der Waals surface area contributed by atoms with Gasteiger partial charge in [0.2, 0.25) is 0 Å². The number of alkyl halides is 3. The van der Waals surface area contributed by atoms with Crippen molar-refractivity contribution in [2.24, 2.45) is 23.7 Å². The lowest BCUT2D eigenvalue weighted by atomic mass is 10.2. The summed E-state index contributed by atoms with van der Waals surface area (Å²) in [5.74, 6) is -1.07. The van der Waals surface area contributed by atoms with Gasteiger partial charge in [-0.1, -0.05) is 25.5 Å². The van der Waals surface area contributed by atoms with Gasteiger partial charge in [0.05, 0.1) is 5.92 Å². The molecule has 0 aromatic carbocycles. The van der Waals surface area contributed by atoms with Crippen molar-refractivity contribution in [2.45, 2.75) is 20.0 Å². The fourth-order valence-electron chi connectivity index (χ4n) is 2.13. The van der Waals surface area contributed by atoms with Crippen molar-refractivity contribution in [3.8, 4) is 0 Å². The number of allylic oxidation sites excluding steroid dienone is 2. The zero-order chi connectivity index (χ0) is 9.09. The lowest BCUT2D eigenvalue weighted by molar-refractivity contribution is -0.152. The lowest BCUT2D eigenvalue weighted by Crippen LogP contribution is -2.12. The summed E-state index contributed by atoms with van der Waals surface area (Å²) in [5.41, 5.74) is 1.03. The summed E-state index contributed by atoms with van der Waals surface area (Å²) in [4.78, 5) is 0. The van der Waals surface area contributed by atoms with E-state index in [0.717, 1.165) is 5.57 Å². The minimum Gasteiger partial charge on any atom is -0.171 e. The molecule has 0 radical (unpaired) electrons. The zero-order valence-electron chi connectivity index (χ0n) is 7.02. The Bertz CT molecular complexity index is 239. The second-order valence-corrected chi connectivity index (χ2v) is 3.91. The molecule has 68 valence electrons. The summed E-state index contributed by atoms with van der Waals surface area (Å²) < 4.78 is 36.7. The molecule has 0 aromatic rings. The van der Waals surface area contributed by atoms with Crippen LogP contribution >= 0.6 is 0 Å². The molecule has 0 spiro atoms. The minimum atomic E-state index is -3.98. The first kappa shape index (κ1) is 8.14. The van der Waals surface area contributed by atoms with E-state index in [2.05, 4.69) is 0 Å². The van der Waals surface area contributed by atoms with E-state index in [9.17, 15) is 13.2 Å². The topological polar surface area (TPSA) is 0 Å². The molecule has 3 heteroatoms. The van der Waals surface area contributed by atoms with Gasteiger partial charge in [0, 0.05) is 0 Å². The summed E-state index contributed by atoms with van der Waals surface area (Å²) in [6.45, 7) is 3.64. The molecule has 3 unspecified atom stereocenters. The van der Waals surface area contributed by atoms with Gasteiger partial charge >= 0.3 is 6.18 Å². The van der Waals surface area contributed by atoms with Crippen LogP contribution in [0.3, 0.4) is 0 Å². The molecule has 0 aromatic heterocycles. The molecule has 2 rings (SSSR count). The highest BCUT2D eigenvalue weighted by Gasteiger charge is 2.64. The quantitative estimate of drug-likeness (QED) is 0.539. The number of halogens is 3. The predicted octanol–water partition coefficient (Wildman–Crippen LogP) is 3.01. The molecule has 4 atom stereocenters. The Morgan fingerprint density at radius 2 is 1.75 bits per heavy atom. The first-order chi connectivity index (χ1) is 5.43. The van der Waals surface area contributed by atoms with Crippen LogP contribution in [-0.4, -0.2) is 6.18 Å². The van der Waals surface area contributed by atoms with E-state index in [-0.39, 0.29) is 11.8 Å². The molecule has 12 heavy (non-hydrogen) atoms. The van der Waals surface area contributed by atoms with E-state index in [1.165, 1.54) is 0 Å². The summed E-state index contributed by atoms with van der Waals surface area (Å²) in [6, 6.07) is 0. The van der Waals surface area contributed by atoms with Crippen LogP contribution in [0.25, 0.3) is 0 Å². The Kier molecular flexibility index (Phi) is 1.40. The highest BCUT2D eigenvalue weighted by atomic mass is 19.4. The minimum absolute atomic E-state index is 0.179. The molecule has 0 saturated heterocycles. The van der Waals surface area contributed by atoms with Crippen molar-refractivity contribution < 1.29 is 13.2 Å². The van der Waals surface area contributed by atoms with Crippen LogP contribution in [0.1, 0.15) is 13.8 Å². The maximum absolute atomic E-state index is 12.2. The van der Waals surface area contributed by atoms with Gasteiger partial charge in [0.1, 0.15) is 0 Å². The largest absolute Gasteiger partial charge is 0.392 e. The average Bonchev–Trinajstić information content (AvgIpc) is 2.68. The molecule has 1 saturated carbocycles. The molecular formula is C9H11F3. The van der Waals surface area contributed by atoms with Gasteiger partial charge in [-0.25, -0.2) is 0 Å². The molecule has 0 bridgehead atoms. The fraction of sp³-hybridized carbons (Fsp3) is 0.778. The van der Waals surface area contributed by atoms with E-state index in [1.807, 2.05) is 13.0 Å². The summed E-state index contributed by atoms with van der Waals surface area (Å²) >= 11 is 0. The van der Waals surface area contributed by atoms with Gasteiger partial charge in [-0.3, -0.25) is 0 Å². The van der Waals surface area contributed by atoms with Crippen molar-refractivity contribution in [3.63, 3.8) is 0 Å². The van der Waals surface area contributed by atoms with Crippen LogP contribution in [0.15, 0.2) is 11.6 Å². The lowest BCUT2D eigenvalue weighted by Gasteiger charge is -2.03. The number of hydrogen-bond acceptors (Lipinski definition) is 0. The molecule has 2 aliphatic rings. The smallest absolute Gasteiger partial charge is 0.171 e. The Hall–Kier alpha value is -0.470. The van der Waals surface area contributed by atoms with Crippen molar-refractivity contribution in [1.82, 2.24) is 0 Å². The number of hydrogen-bond donors (Lipinski definition) is 0. The van der Waals surface area contributed by atoms with Gasteiger partial charge in [0.25, 0.3) is 0 Å². The summed E-state index contributed by atoms with van der Waals surface area (Å²) in [5, 5.41) is 0. The number of rotatable bonds is 1. The maximum atomic E-state index is 12.2. The summed E-state index contributed by atoms with van der Waals surface area (Å²) in [6.07, 6.45) is -2.04. The van der Waals surface area contributed by atoms with Crippen molar-refractivity contribution in [3.05, 3.63) is 11.6 Å². The van der Waals surface area contributed by atoms with Crippen LogP contribution in [0.5, 0.6) is 0 Å². The van der Waals surface area contributed by atoms with Crippen LogP contribution in [-0.2, 0) is 0 Å². The molecule has 0 amide bonds. The van der Waals surface area contributed by atoms with Gasteiger partial charge in [-0.2, -0.15) is 13.2 Å². The molecule has 0 heterocycles. The summed E-state index contributed by atoms with van der Waals surface area (Å²) in [7, 11) is 0. The molecule has 1 fully saturated rings. The van der Waals surface area contributed by atoms with Crippen LogP contribution in [0.4, 0.5) is 13.2 Å². The molecular weight excluding hydrogens is 165 g/mol. The highest BCUT2D eigenvalue weighted by Crippen LogP contribution is 2.62. The Morgan fingerprint density at radius 3 is 2.00 bits per heavy atom. The van der Waals surface area contributed by atoms with E-state index in [1.54, 1.807) is 6.92 Å². The third-order valence-corrected chi connectivity index (χ3v) is 3.00. The van der Waals surface area contributed by atoms with Gasteiger partial charge in [-0.15, -0.1) is 0 Å². The van der Waals surface area contributed by atoms with Crippen LogP contribution in [0.2, 0.25) is 0 Å². The van der Waals surface area contributed by atoms with E-state index in [4.69, 9.17) is 0 Å². The Morgan fingerprint density at radius 1 is 1.25 bits per heavy atom. The highest BCUT2D eigenvalue weighted by molar-refractivity contribution is 5.36. The van der Waals surface area contributed by atoms with Gasteiger partial charge in [-0.05, 0) is 17.8 Å². The first-order valence-corrected chi connectivity index (χ1v) is 4.21. The third-order valence-electron chi connectivity index (χ3n) is 3.00. The van der Waals surface area contributed by atoms with E-state index < -0.39 is 12.1 Å². The maximum Gasteiger partial charge on any atom is 0.392 e. The second kappa shape index (κ2) is 2.06. The fourth-order valence-corrected chi connectivity index (χ4v) is 2.13. The Balaban J connectivity index is 2.01. The average molecular weight is 176 g/mol. The molecule has 0 aliphatic heterocycles. The normalized spacial score (nSPS) is 45.6. The second-order valence-electron chi connectivity index (χ2n) is 3.91. The van der Waals surface area contributed by atoms with E-state index in [0.29, 0.717) is 5.92 Å².